The van der Waals surface area contributed by atoms with Crippen molar-refractivity contribution >= 4 is 5.71 Å². The van der Waals surface area contributed by atoms with Crippen molar-refractivity contribution in [2.75, 3.05) is 6.54 Å². The van der Waals surface area contributed by atoms with Crippen molar-refractivity contribution in [3.8, 4) is 0 Å². The van der Waals surface area contributed by atoms with E-state index in [1.165, 1.54) is 38.5 Å². The zero-order valence-electron chi connectivity index (χ0n) is 6.47. The van der Waals surface area contributed by atoms with Gasteiger partial charge in [0.15, 0.2) is 0 Å². The van der Waals surface area contributed by atoms with Gasteiger partial charge in [0.25, 0.3) is 0 Å². The van der Waals surface area contributed by atoms with E-state index in [4.69, 9.17) is 0 Å². The van der Waals surface area contributed by atoms with Crippen molar-refractivity contribution in [2.45, 2.75) is 38.5 Å². The number of nitrogens with zero attached hydrogens (tertiary/aromatic N) is 1. The number of fused-ring (bicyclic) bond motifs is 1. The standard InChI is InChI=1S/C9H15N/c1-2-7-10-9-6-3-5-8(9)4-1/h8H,1-7H2. The summed E-state index contributed by atoms with van der Waals surface area (Å²) in [5.74, 6) is 0.905. The maximum atomic E-state index is 4.60. The minimum Gasteiger partial charge on any atom is -0.294 e. The highest BCUT2D eigenvalue weighted by molar-refractivity contribution is 5.88. The lowest BCUT2D eigenvalue weighted by molar-refractivity contribution is 0.578. The second-order valence-electron chi connectivity index (χ2n) is 3.46. The molecule has 0 aromatic carbocycles. The van der Waals surface area contributed by atoms with E-state index in [9.17, 15) is 0 Å². The molecule has 1 heteroatoms. The van der Waals surface area contributed by atoms with E-state index in [2.05, 4.69) is 4.99 Å². The molecular formula is C9H15N. The first-order chi connectivity index (χ1) is 4.97. The van der Waals surface area contributed by atoms with Crippen molar-refractivity contribution in [2.24, 2.45) is 10.9 Å². The van der Waals surface area contributed by atoms with Gasteiger partial charge in [-0.2, -0.15) is 0 Å². The summed E-state index contributed by atoms with van der Waals surface area (Å²) < 4.78 is 0. The fourth-order valence-electron chi connectivity index (χ4n) is 2.14. The molecule has 1 atom stereocenters. The van der Waals surface area contributed by atoms with Gasteiger partial charge < -0.3 is 0 Å². The van der Waals surface area contributed by atoms with E-state index in [0.29, 0.717) is 0 Å². The molecule has 0 aromatic rings. The maximum Gasteiger partial charge on any atom is 0.0388 e. The summed E-state index contributed by atoms with van der Waals surface area (Å²) in [5.41, 5.74) is 1.55. The van der Waals surface area contributed by atoms with Crippen LogP contribution in [0, 0.1) is 5.92 Å². The third-order valence-corrected chi connectivity index (χ3v) is 2.73. The summed E-state index contributed by atoms with van der Waals surface area (Å²) in [4.78, 5) is 4.60. The second kappa shape index (κ2) is 2.73. The fourth-order valence-corrected chi connectivity index (χ4v) is 2.14. The molecule has 0 aromatic heterocycles. The lowest BCUT2D eigenvalue weighted by Gasteiger charge is -2.05. The first kappa shape index (κ1) is 6.38. The van der Waals surface area contributed by atoms with Crippen LogP contribution in [0.25, 0.3) is 0 Å². The molecular weight excluding hydrogens is 122 g/mol. The Balaban J connectivity index is 2.10. The average Bonchev–Trinajstić information content (AvgIpc) is 2.28. The average molecular weight is 137 g/mol. The van der Waals surface area contributed by atoms with Gasteiger partial charge in [0.2, 0.25) is 0 Å². The number of hydrogen-bond acceptors (Lipinski definition) is 1. The Hall–Kier alpha value is -0.330. The normalized spacial score (nSPS) is 32.8. The number of hydrogen-bond donors (Lipinski definition) is 0. The Morgan fingerprint density at radius 2 is 2.00 bits per heavy atom. The summed E-state index contributed by atoms with van der Waals surface area (Å²) in [6.07, 6.45) is 8.32. The minimum absolute atomic E-state index is 0.905. The molecule has 1 heterocycles. The highest BCUT2D eigenvalue weighted by Crippen LogP contribution is 2.29. The van der Waals surface area contributed by atoms with Gasteiger partial charge in [0, 0.05) is 12.3 Å². The van der Waals surface area contributed by atoms with Crippen LogP contribution in [0.15, 0.2) is 4.99 Å². The number of aliphatic imine (C=N–C) groups is 1. The zero-order valence-corrected chi connectivity index (χ0v) is 6.47. The van der Waals surface area contributed by atoms with Gasteiger partial charge >= 0.3 is 0 Å². The molecule has 0 amide bonds. The molecule has 1 fully saturated rings. The van der Waals surface area contributed by atoms with Crippen LogP contribution in [-0.4, -0.2) is 12.3 Å². The van der Waals surface area contributed by atoms with Gasteiger partial charge in [-0.25, -0.2) is 0 Å². The van der Waals surface area contributed by atoms with E-state index in [1.54, 1.807) is 5.71 Å². The predicted molar refractivity (Wildman–Crippen MR) is 43.5 cm³/mol. The SMILES string of the molecule is C1CCC2CCCC2=NC1. The molecule has 1 nitrogen and oxygen atoms in total. The first-order valence-electron chi connectivity index (χ1n) is 4.50. The summed E-state index contributed by atoms with van der Waals surface area (Å²) >= 11 is 0. The van der Waals surface area contributed by atoms with Crippen LogP contribution < -0.4 is 0 Å². The van der Waals surface area contributed by atoms with E-state index < -0.39 is 0 Å². The minimum atomic E-state index is 0.905. The predicted octanol–water partition coefficient (Wildman–Crippen LogP) is 2.41. The number of rotatable bonds is 0. The molecule has 1 aliphatic heterocycles. The Morgan fingerprint density at radius 3 is 3.00 bits per heavy atom. The van der Waals surface area contributed by atoms with E-state index in [-0.39, 0.29) is 0 Å². The van der Waals surface area contributed by atoms with Crippen LogP contribution in [-0.2, 0) is 0 Å². The van der Waals surface area contributed by atoms with Gasteiger partial charge in [0.05, 0.1) is 0 Å². The van der Waals surface area contributed by atoms with Crippen LogP contribution in [0.3, 0.4) is 0 Å². The van der Waals surface area contributed by atoms with Gasteiger partial charge in [-0.1, -0.05) is 6.42 Å². The van der Waals surface area contributed by atoms with Gasteiger partial charge in [-0.15, -0.1) is 0 Å². The Labute approximate surface area is 62.5 Å². The van der Waals surface area contributed by atoms with Gasteiger partial charge in [-0.3, -0.25) is 4.99 Å². The molecule has 56 valence electrons. The summed E-state index contributed by atoms with van der Waals surface area (Å²) in [5, 5.41) is 0. The van der Waals surface area contributed by atoms with E-state index >= 15 is 0 Å². The molecule has 0 spiro atoms. The maximum absolute atomic E-state index is 4.60. The molecule has 2 aliphatic rings. The highest BCUT2D eigenvalue weighted by atomic mass is 14.8. The molecule has 10 heavy (non-hydrogen) atoms. The molecule has 0 N–H and O–H groups in total. The van der Waals surface area contributed by atoms with E-state index in [1.807, 2.05) is 0 Å². The smallest absolute Gasteiger partial charge is 0.0388 e. The van der Waals surface area contributed by atoms with Gasteiger partial charge in [-0.05, 0) is 38.0 Å². The van der Waals surface area contributed by atoms with Crippen LogP contribution >= 0.6 is 0 Å². The Morgan fingerprint density at radius 1 is 1.10 bits per heavy atom. The van der Waals surface area contributed by atoms with Crippen molar-refractivity contribution in [3.63, 3.8) is 0 Å². The third kappa shape index (κ3) is 1.09. The van der Waals surface area contributed by atoms with E-state index in [0.717, 1.165) is 12.5 Å². The Kier molecular flexibility index (Phi) is 1.74. The molecule has 1 saturated carbocycles. The zero-order chi connectivity index (χ0) is 6.81. The molecule has 0 bridgehead atoms. The quantitative estimate of drug-likeness (QED) is 0.486. The lowest BCUT2D eigenvalue weighted by Crippen LogP contribution is -2.04. The highest BCUT2D eigenvalue weighted by Gasteiger charge is 2.22. The van der Waals surface area contributed by atoms with Gasteiger partial charge in [0.1, 0.15) is 0 Å². The van der Waals surface area contributed by atoms with Crippen molar-refractivity contribution in [3.05, 3.63) is 0 Å². The van der Waals surface area contributed by atoms with Crippen LogP contribution in [0.5, 0.6) is 0 Å². The monoisotopic (exact) mass is 137 g/mol. The lowest BCUT2D eigenvalue weighted by atomic mass is 10.0. The molecule has 2 rings (SSSR count). The van der Waals surface area contributed by atoms with Crippen molar-refractivity contribution < 1.29 is 0 Å². The van der Waals surface area contributed by atoms with Crippen molar-refractivity contribution in [1.82, 2.24) is 0 Å². The summed E-state index contributed by atoms with van der Waals surface area (Å²) in [7, 11) is 0. The Bertz CT molecular complexity index is 149. The molecule has 1 unspecified atom stereocenters. The largest absolute Gasteiger partial charge is 0.294 e. The topological polar surface area (TPSA) is 12.4 Å². The van der Waals surface area contributed by atoms with Crippen LogP contribution in [0.2, 0.25) is 0 Å². The van der Waals surface area contributed by atoms with Crippen LogP contribution in [0.4, 0.5) is 0 Å². The molecule has 1 aliphatic carbocycles. The molecule has 0 saturated heterocycles. The molecule has 0 radical (unpaired) electrons. The second-order valence-corrected chi connectivity index (χ2v) is 3.46. The van der Waals surface area contributed by atoms with Crippen LogP contribution in [0.1, 0.15) is 38.5 Å². The third-order valence-electron chi connectivity index (χ3n) is 2.73. The first-order valence-corrected chi connectivity index (χ1v) is 4.50. The fraction of sp³-hybridized carbons (Fsp3) is 0.889. The summed E-state index contributed by atoms with van der Waals surface area (Å²) in [6, 6.07) is 0. The van der Waals surface area contributed by atoms with Crippen molar-refractivity contribution in [1.29, 1.82) is 0 Å². The summed E-state index contributed by atoms with van der Waals surface area (Å²) in [6.45, 7) is 1.12.